The van der Waals surface area contributed by atoms with Crippen molar-refractivity contribution in [3.8, 4) is 5.88 Å². The first kappa shape index (κ1) is 19.5. The molecule has 0 spiro atoms. The predicted molar refractivity (Wildman–Crippen MR) is 111 cm³/mol. The van der Waals surface area contributed by atoms with Gasteiger partial charge in [-0.25, -0.2) is 9.50 Å². The molecule has 1 aliphatic carbocycles. The Labute approximate surface area is 175 Å². The van der Waals surface area contributed by atoms with Gasteiger partial charge in [-0.05, 0) is 35.3 Å². The SMILES string of the molecule is COc1nc(NC(=O)C2CC(C)(C)c3c2cnc2cc(C)nn32)cc(C=O)c1Br. The zero-order valence-corrected chi connectivity index (χ0v) is 18.1. The van der Waals surface area contributed by atoms with Crippen molar-refractivity contribution in [1.82, 2.24) is 19.6 Å². The molecular formula is C20H20BrN5O3. The topological polar surface area (TPSA) is 98.5 Å². The van der Waals surface area contributed by atoms with E-state index in [1.165, 1.54) is 13.2 Å². The number of hydrogen-bond donors (Lipinski definition) is 1. The van der Waals surface area contributed by atoms with Crippen LogP contribution in [0.15, 0.2) is 22.8 Å². The quantitative estimate of drug-likeness (QED) is 0.602. The summed E-state index contributed by atoms with van der Waals surface area (Å²) in [6, 6.07) is 3.43. The van der Waals surface area contributed by atoms with Crippen LogP contribution in [-0.2, 0) is 10.2 Å². The molecule has 0 radical (unpaired) electrons. The van der Waals surface area contributed by atoms with Gasteiger partial charge in [0.2, 0.25) is 11.8 Å². The first-order valence-corrected chi connectivity index (χ1v) is 9.91. The highest BCUT2D eigenvalue weighted by Crippen LogP contribution is 2.46. The summed E-state index contributed by atoms with van der Waals surface area (Å²) in [6.45, 7) is 6.12. The van der Waals surface area contributed by atoms with Crippen LogP contribution in [0.2, 0.25) is 0 Å². The van der Waals surface area contributed by atoms with Crippen LogP contribution in [0.1, 0.15) is 53.5 Å². The molecule has 8 nitrogen and oxygen atoms in total. The molecule has 1 unspecified atom stereocenters. The predicted octanol–water partition coefficient (Wildman–Crippen LogP) is 3.42. The van der Waals surface area contributed by atoms with E-state index in [1.54, 1.807) is 6.20 Å². The average Bonchev–Trinajstić information content (AvgIpc) is 3.18. The van der Waals surface area contributed by atoms with E-state index in [0.717, 1.165) is 22.6 Å². The van der Waals surface area contributed by atoms with Crippen LogP contribution >= 0.6 is 15.9 Å². The Morgan fingerprint density at radius 2 is 2.17 bits per heavy atom. The third kappa shape index (κ3) is 3.19. The maximum Gasteiger partial charge on any atom is 0.233 e. The first-order chi connectivity index (χ1) is 13.7. The third-order valence-electron chi connectivity index (χ3n) is 5.21. The fourth-order valence-corrected chi connectivity index (χ4v) is 4.43. The summed E-state index contributed by atoms with van der Waals surface area (Å²) in [6.07, 6.45) is 3.05. The highest BCUT2D eigenvalue weighted by molar-refractivity contribution is 9.10. The van der Waals surface area contributed by atoms with Crippen LogP contribution in [0.4, 0.5) is 5.82 Å². The third-order valence-corrected chi connectivity index (χ3v) is 6.01. The molecule has 9 heteroatoms. The minimum atomic E-state index is -0.405. The van der Waals surface area contributed by atoms with E-state index >= 15 is 0 Å². The lowest BCUT2D eigenvalue weighted by atomic mass is 9.88. The van der Waals surface area contributed by atoms with Gasteiger partial charge in [0.15, 0.2) is 11.9 Å². The molecule has 29 heavy (non-hydrogen) atoms. The van der Waals surface area contributed by atoms with Gasteiger partial charge in [-0.1, -0.05) is 13.8 Å². The molecule has 4 rings (SSSR count). The van der Waals surface area contributed by atoms with Crippen molar-refractivity contribution >= 4 is 39.6 Å². The second-order valence-electron chi connectivity index (χ2n) is 7.79. The fraction of sp³-hybridized carbons (Fsp3) is 0.350. The van der Waals surface area contributed by atoms with Crippen molar-refractivity contribution < 1.29 is 14.3 Å². The van der Waals surface area contributed by atoms with E-state index in [9.17, 15) is 9.59 Å². The minimum absolute atomic E-state index is 0.212. The summed E-state index contributed by atoms with van der Waals surface area (Å²) in [5, 5.41) is 7.39. The van der Waals surface area contributed by atoms with Crippen molar-refractivity contribution in [3.05, 3.63) is 45.3 Å². The lowest BCUT2D eigenvalue weighted by Crippen LogP contribution is -2.22. The number of carbonyl (C=O) groups is 2. The average molecular weight is 458 g/mol. The molecule has 0 saturated carbocycles. The number of hydrogen-bond acceptors (Lipinski definition) is 6. The molecule has 3 heterocycles. The molecule has 0 fully saturated rings. The number of nitrogens with one attached hydrogen (secondary N) is 1. The molecule has 1 N–H and O–H groups in total. The standard InChI is InChI=1S/C20H20BrN5O3/c1-10-5-15-22-8-13-12(7-20(2,3)17(13)26(15)25-10)18(28)23-14-6-11(9-27)16(21)19(24-14)29-4/h5-6,8-9,12H,7H2,1-4H3,(H,23,24,28). The monoisotopic (exact) mass is 457 g/mol. The van der Waals surface area contributed by atoms with Gasteiger partial charge >= 0.3 is 0 Å². The van der Waals surface area contributed by atoms with Crippen molar-refractivity contribution in [3.63, 3.8) is 0 Å². The van der Waals surface area contributed by atoms with E-state index in [1.807, 2.05) is 17.5 Å². The molecule has 1 amide bonds. The van der Waals surface area contributed by atoms with Crippen LogP contribution in [-0.4, -0.2) is 38.9 Å². The number of pyridine rings is 1. The number of ether oxygens (including phenoxy) is 1. The van der Waals surface area contributed by atoms with Gasteiger partial charge in [-0.15, -0.1) is 0 Å². The largest absolute Gasteiger partial charge is 0.480 e. The summed E-state index contributed by atoms with van der Waals surface area (Å²) in [4.78, 5) is 33.2. The maximum absolute atomic E-state index is 13.1. The first-order valence-electron chi connectivity index (χ1n) is 9.11. The van der Waals surface area contributed by atoms with Crippen molar-refractivity contribution in [2.45, 2.75) is 38.5 Å². The van der Waals surface area contributed by atoms with E-state index in [2.05, 4.69) is 50.2 Å². The van der Waals surface area contributed by atoms with Crippen LogP contribution in [0.3, 0.4) is 0 Å². The van der Waals surface area contributed by atoms with Gasteiger partial charge in [-0.3, -0.25) is 9.59 Å². The van der Waals surface area contributed by atoms with Crippen LogP contribution in [0.25, 0.3) is 5.65 Å². The highest BCUT2D eigenvalue weighted by atomic mass is 79.9. The molecule has 0 aliphatic heterocycles. The van der Waals surface area contributed by atoms with Gasteiger partial charge in [0, 0.05) is 28.8 Å². The van der Waals surface area contributed by atoms with Crippen molar-refractivity contribution in [2.24, 2.45) is 0 Å². The van der Waals surface area contributed by atoms with Gasteiger partial charge in [0.1, 0.15) is 5.82 Å². The Hall–Kier alpha value is -2.81. The lowest BCUT2D eigenvalue weighted by Gasteiger charge is -2.19. The highest BCUT2D eigenvalue weighted by Gasteiger charge is 2.43. The fourth-order valence-electron chi connectivity index (χ4n) is 3.97. The number of aldehydes is 1. The Bertz CT molecular complexity index is 1150. The molecule has 150 valence electrons. The second-order valence-corrected chi connectivity index (χ2v) is 8.58. The zero-order chi connectivity index (χ0) is 20.9. The van der Waals surface area contributed by atoms with Gasteiger partial charge in [-0.2, -0.15) is 10.1 Å². The molecule has 3 aromatic heterocycles. The van der Waals surface area contributed by atoms with Crippen LogP contribution in [0, 0.1) is 6.92 Å². The zero-order valence-electron chi connectivity index (χ0n) is 16.5. The number of amides is 1. The number of methoxy groups -OCH3 is 1. The lowest BCUT2D eigenvalue weighted by molar-refractivity contribution is -0.117. The second kappa shape index (κ2) is 6.91. The van der Waals surface area contributed by atoms with Gasteiger partial charge < -0.3 is 10.1 Å². The number of nitrogens with zero attached hydrogens (tertiary/aromatic N) is 4. The number of aromatic nitrogens is 4. The summed E-state index contributed by atoms with van der Waals surface area (Å²) in [5.74, 6) is -0.132. The van der Waals surface area contributed by atoms with Crippen LogP contribution in [0.5, 0.6) is 5.88 Å². The molecular weight excluding hydrogens is 438 g/mol. The number of rotatable bonds is 4. The Balaban J connectivity index is 1.72. The number of carbonyl (C=O) groups excluding carboxylic acids is 2. The van der Waals surface area contributed by atoms with Gasteiger partial charge in [0.25, 0.3) is 0 Å². The molecule has 3 aromatic rings. The molecule has 0 saturated heterocycles. The Morgan fingerprint density at radius 1 is 1.41 bits per heavy atom. The Morgan fingerprint density at radius 3 is 2.86 bits per heavy atom. The number of halogens is 1. The maximum atomic E-state index is 13.1. The van der Waals surface area contributed by atoms with E-state index < -0.39 is 5.92 Å². The van der Waals surface area contributed by atoms with Gasteiger partial charge in [0.05, 0.1) is 28.9 Å². The minimum Gasteiger partial charge on any atom is -0.480 e. The normalized spacial score (nSPS) is 17.2. The summed E-state index contributed by atoms with van der Waals surface area (Å²) in [7, 11) is 1.45. The molecule has 0 bridgehead atoms. The summed E-state index contributed by atoms with van der Waals surface area (Å²) in [5.41, 5.74) is 3.58. The number of anilines is 1. The van der Waals surface area contributed by atoms with Crippen molar-refractivity contribution in [2.75, 3.05) is 12.4 Å². The number of fused-ring (bicyclic) bond motifs is 3. The summed E-state index contributed by atoms with van der Waals surface area (Å²) < 4.78 is 7.47. The van der Waals surface area contributed by atoms with Crippen LogP contribution < -0.4 is 10.1 Å². The molecule has 1 atom stereocenters. The molecule has 1 aliphatic rings. The Kier molecular flexibility index (Phi) is 4.65. The van der Waals surface area contributed by atoms with E-state index in [-0.39, 0.29) is 23.0 Å². The van der Waals surface area contributed by atoms with E-state index in [0.29, 0.717) is 22.7 Å². The van der Waals surface area contributed by atoms with Crippen molar-refractivity contribution in [1.29, 1.82) is 0 Å². The molecule has 0 aromatic carbocycles. The smallest absolute Gasteiger partial charge is 0.233 e. The summed E-state index contributed by atoms with van der Waals surface area (Å²) >= 11 is 3.28. The number of aryl methyl sites for hydroxylation is 1. The van der Waals surface area contributed by atoms with E-state index in [4.69, 9.17) is 4.74 Å².